The molecule has 0 radical (unpaired) electrons. The van der Waals surface area contributed by atoms with Crippen LogP contribution in [0.15, 0.2) is 0 Å². The lowest BCUT2D eigenvalue weighted by atomic mass is 9.76. The Hall–Kier alpha value is -0.0800. The van der Waals surface area contributed by atoms with Crippen molar-refractivity contribution in [2.24, 2.45) is 11.7 Å². The topological polar surface area (TPSA) is 38.0 Å². The monoisotopic (exact) mass is 154 g/mol. The van der Waals surface area contributed by atoms with E-state index in [2.05, 4.69) is 19.2 Å². The van der Waals surface area contributed by atoms with Crippen LogP contribution in [0.25, 0.3) is 0 Å². The smallest absolute Gasteiger partial charge is 0.0205 e. The Labute approximate surface area is 68.5 Å². The van der Waals surface area contributed by atoms with Crippen LogP contribution in [0.3, 0.4) is 0 Å². The predicted molar refractivity (Wildman–Crippen MR) is 46.3 cm³/mol. The third-order valence-electron chi connectivity index (χ3n) is 3.13. The summed E-state index contributed by atoms with van der Waals surface area (Å²) in [5, 5.41) is 3.63. The maximum absolute atomic E-state index is 5.94. The summed E-state index contributed by atoms with van der Waals surface area (Å²) in [5.74, 6) is 0.834. The molecule has 3 fully saturated rings. The van der Waals surface area contributed by atoms with Gasteiger partial charge in [0.05, 0.1) is 0 Å². The SMILES string of the molecule is CC(C)NC12CC(N)C(C1)C2. The largest absolute Gasteiger partial charge is 0.327 e. The Bertz CT molecular complexity index is 159. The molecule has 11 heavy (non-hydrogen) atoms. The number of hydrogen-bond donors (Lipinski definition) is 2. The molecule has 0 heterocycles. The minimum Gasteiger partial charge on any atom is -0.327 e. The van der Waals surface area contributed by atoms with Crippen molar-refractivity contribution in [2.75, 3.05) is 0 Å². The molecule has 2 heteroatoms. The van der Waals surface area contributed by atoms with Crippen molar-refractivity contribution >= 4 is 0 Å². The molecule has 3 rings (SSSR count). The van der Waals surface area contributed by atoms with Crippen LogP contribution in [-0.4, -0.2) is 17.6 Å². The molecular formula is C9H18N2. The first-order valence-corrected chi connectivity index (χ1v) is 4.65. The van der Waals surface area contributed by atoms with Crippen molar-refractivity contribution in [2.45, 2.75) is 50.7 Å². The predicted octanol–water partition coefficient (Wildman–Crippen LogP) is 0.864. The highest BCUT2D eigenvalue weighted by Gasteiger charge is 2.54. The van der Waals surface area contributed by atoms with Gasteiger partial charge in [0.1, 0.15) is 0 Å². The summed E-state index contributed by atoms with van der Waals surface area (Å²) in [6.45, 7) is 4.43. The normalized spacial score (nSPS) is 48.0. The Kier molecular flexibility index (Phi) is 1.52. The Morgan fingerprint density at radius 2 is 2.00 bits per heavy atom. The average molecular weight is 154 g/mol. The molecular weight excluding hydrogens is 136 g/mol. The van der Waals surface area contributed by atoms with Crippen LogP contribution in [0.2, 0.25) is 0 Å². The van der Waals surface area contributed by atoms with Gasteiger partial charge in [-0.2, -0.15) is 0 Å². The zero-order valence-electron chi connectivity index (χ0n) is 7.43. The molecule has 0 amide bonds. The van der Waals surface area contributed by atoms with Gasteiger partial charge in [-0.25, -0.2) is 0 Å². The molecule has 3 N–H and O–H groups in total. The maximum Gasteiger partial charge on any atom is 0.0205 e. The van der Waals surface area contributed by atoms with Gasteiger partial charge < -0.3 is 11.1 Å². The summed E-state index contributed by atoms with van der Waals surface area (Å²) in [4.78, 5) is 0. The van der Waals surface area contributed by atoms with Crippen molar-refractivity contribution in [1.29, 1.82) is 0 Å². The van der Waals surface area contributed by atoms with E-state index >= 15 is 0 Å². The van der Waals surface area contributed by atoms with Gasteiger partial charge in [0, 0.05) is 17.6 Å². The lowest BCUT2D eigenvalue weighted by Crippen LogP contribution is -2.51. The summed E-state index contributed by atoms with van der Waals surface area (Å²) in [7, 11) is 0. The molecule has 0 saturated heterocycles. The van der Waals surface area contributed by atoms with Crippen molar-refractivity contribution in [1.82, 2.24) is 5.32 Å². The summed E-state index contributed by atoms with van der Waals surface area (Å²) in [6, 6.07) is 1.10. The summed E-state index contributed by atoms with van der Waals surface area (Å²) in [5.41, 5.74) is 6.40. The molecule has 0 aromatic heterocycles. The molecule has 1 atom stereocenters. The average Bonchev–Trinajstić information content (AvgIpc) is 2.16. The molecule has 2 nitrogen and oxygen atoms in total. The molecule has 0 aromatic rings. The van der Waals surface area contributed by atoms with Crippen LogP contribution >= 0.6 is 0 Å². The highest BCUT2D eigenvalue weighted by atomic mass is 15.1. The van der Waals surface area contributed by atoms with E-state index in [-0.39, 0.29) is 0 Å². The van der Waals surface area contributed by atoms with Gasteiger partial charge in [-0.1, -0.05) is 13.8 Å². The van der Waals surface area contributed by atoms with Gasteiger partial charge >= 0.3 is 0 Å². The fourth-order valence-electron chi connectivity index (χ4n) is 2.82. The van der Waals surface area contributed by atoms with E-state index in [4.69, 9.17) is 5.73 Å². The van der Waals surface area contributed by atoms with Crippen molar-refractivity contribution in [3.8, 4) is 0 Å². The van der Waals surface area contributed by atoms with Gasteiger partial charge in [0.25, 0.3) is 0 Å². The van der Waals surface area contributed by atoms with Gasteiger partial charge in [0.15, 0.2) is 0 Å². The lowest BCUT2D eigenvalue weighted by molar-refractivity contribution is 0.175. The highest BCUT2D eigenvalue weighted by Crippen LogP contribution is 2.51. The molecule has 3 aliphatic rings. The highest BCUT2D eigenvalue weighted by molar-refractivity contribution is 5.13. The van der Waals surface area contributed by atoms with Gasteiger partial charge in [0.2, 0.25) is 0 Å². The molecule has 0 spiro atoms. The minimum absolute atomic E-state index is 0.457. The van der Waals surface area contributed by atoms with Gasteiger partial charge in [-0.3, -0.25) is 0 Å². The van der Waals surface area contributed by atoms with Gasteiger partial charge in [-0.15, -0.1) is 0 Å². The number of nitrogens with two attached hydrogens (primary N) is 1. The minimum atomic E-state index is 0.457. The van der Waals surface area contributed by atoms with E-state index in [1.54, 1.807) is 0 Å². The van der Waals surface area contributed by atoms with Crippen molar-refractivity contribution < 1.29 is 0 Å². The molecule has 1 unspecified atom stereocenters. The van der Waals surface area contributed by atoms with Crippen LogP contribution < -0.4 is 11.1 Å². The zero-order valence-corrected chi connectivity index (χ0v) is 7.43. The molecule has 64 valence electrons. The maximum atomic E-state index is 5.94. The summed E-state index contributed by atoms with van der Waals surface area (Å²) >= 11 is 0. The number of nitrogens with one attached hydrogen (secondary N) is 1. The van der Waals surface area contributed by atoms with Crippen molar-refractivity contribution in [3.05, 3.63) is 0 Å². The van der Waals surface area contributed by atoms with Crippen LogP contribution in [0.1, 0.15) is 33.1 Å². The first-order chi connectivity index (χ1) is 5.11. The van der Waals surface area contributed by atoms with E-state index in [0.29, 0.717) is 17.6 Å². The van der Waals surface area contributed by atoms with Crippen LogP contribution in [0.4, 0.5) is 0 Å². The Balaban J connectivity index is 1.95. The van der Waals surface area contributed by atoms with Crippen molar-refractivity contribution in [3.63, 3.8) is 0 Å². The molecule has 2 bridgehead atoms. The number of fused-ring (bicyclic) bond motifs is 1. The summed E-state index contributed by atoms with van der Waals surface area (Å²) in [6.07, 6.45) is 3.86. The first-order valence-electron chi connectivity index (χ1n) is 4.65. The standard InChI is InChI=1S/C9H18N2/c1-6(2)11-9-3-7(4-9)8(10)5-9/h6-8,11H,3-5,10H2,1-2H3. The number of rotatable bonds is 2. The first kappa shape index (κ1) is 7.56. The Morgan fingerprint density at radius 1 is 1.36 bits per heavy atom. The van der Waals surface area contributed by atoms with E-state index < -0.39 is 0 Å². The van der Waals surface area contributed by atoms with E-state index in [9.17, 15) is 0 Å². The third-order valence-corrected chi connectivity index (χ3v) is 3.13. The second-order valence-electron chi connectivity index (χ2n) is 4.62. The fourth-order valence-corrected chi connectivity index (χ4v) is 2.82. The third kappa shape index (κ3) is 1.09. The lowest BCUT2D eigenvalue weighted by Gasteiger charge is -2.40. The number of hydrogen-bond acceptors (Lipinski definition) is 2. The van der Waals surface area contributed by atoms with E-state index in [1.165, 1.54) is 19.3 Å². The molecule has 3 saturated carbocycles. The van der Waals surface area contributed by atoms with Crippen LogP contribution in [0, 0.1) is 5.92 Å². The van der Waals surface area contributed by atoms with Crippen LogP contribution in [0.5, 0.6) is 0 Å². The quantitative estimate of drug-likeness (QED) is 0.619. The second-order valence-corrected chi connectivity index (χ2v) is 4.62. The zero-order chi connectivity index (χ0) is 8.06. The van der Waals surface area contributed by atoms with Crippen LogP contribution in [-0.2, 0) is 0 Å². The Morgan fingerprint density at radius 3 is 2.36 bits per heavy atom. The molecule has 3 aliphatic carbocycles. The second kappa shape index (κ2) is 2.20. The van der Waals surface area contributed by atoms with Gasteiger partial charge in [-0.05, 0) is 25.2 Å². The summed E-state index contributed by atoms with van der Waals surface area (Å²) < 4.78 is 0. The fraction of sp³-hybridized carbons (Fsp3) is 1.00. The van der Waals surface area contributed by atoms with E-state index in [1.807, 2.05) is 0 Å². The molecule has 0 aliphatic heterocycles. The van der Waals surface area contributed by atoms with E-state index in [0.717, 1.165) is 5.92 Å². The molecule has 0 aromatic carbocycles.